The highest BCUT2D eigenvalue weighted by Crippen LogP contribution is 2.27. The fraction of sp³-hybridized carbons (Fsp3) is 0.0769. The van der Waals surface area contributed by atoms with Crippen LogP contribution in [0.3, 0.4) is 0 Å². The third-order valence-corrected chi connectivity index (χ3v) is 2.77. The molecule has 1 aromatic carbocycles. The van der Waals surface area contributed by atoms with Gasteiger partial charge in [-0.25, -0.2) is 4.79 Å². The number of carboxylic acid groups (broad SMARTS) is 1. The molecule has 2 aromatic rings. The van der Waals surface area contributed by atoms with Crippen LogP contribution in [0, 0.1) is 0 Å². The van der Waals surface area contributed by atoms with Gasteiger partial charge in [0.1, 0.15) is 5.75 Å². The Labute approximate surface area is 121 Å². The molecule has 21 heavy (non-hydrogen) atoms. The number of ether oxygens (including phenoxy) is 1. The van der Waals surface area contributed by atoms with Gasteiger partial charge in [0.2, 0.25) is 0 Å². The smallest absolute Gasteiger partial charge is 0.478 e. The number of hydrogen-bond donors (Lipinski definition) is 1. The van der Waals surface area contributed by atoms with Crippen molar-refractivity contribution in [3.05, 3.63) is 47.1 Å². The van der Waals surface area contributed by atoms with Crippen LogP contribution in [0.2, 0.25) is 5.02 Å². The summed E-state index contributed by atoms with van der Waals surface area (Å²) < 4.78 is 39.8. The zero-order chi connectivity index (χ0) is 15.6. The van der Waals surface area contributed by atoms with Crippen LogP contribution in [0.4, 0.5) is 13.2 Å². The number of rotatable bonds is 3. The highest BCUT2D eigenvalue weighted by Gasteiger charge is 2.30. The van der Waals surface area contributed by atoms with Crippen molar-refractivity contribution in [1.29, 1.82) is 0 Å². The van der Waals surface area contributed by atoms with Gasteiger partial charge in [-0.1, -0.05) is 11.6 Å². The van der Waals surface area contributed by atoms with Crippen LogP contribution in [0.25, 0.3) is 11.3 Å². The Balaban J connectivity index is 2.31. The van der Waals surface area contributed by atoms with Gasteiger partial charge in [0.25, 0.3) is 0 Å². The van der Waals surface area contributed by atoms with Gasteiger partial charge in [0.05, 0.1) is 16.3 Å². The zero-order valence-corrected chi connectivity index (χ0v) is 10.9. The van der Waals surface area contributed by atoms with E-state index in [4.69, 9.17) is 16.7 Å². The Morgan fingerprint density at radius 3 is 2.38 bits per heavy atom. The minimum atomic E-state index is -4.77. The van der Waals surface area contributed by atoms with E-state index in [-0.39, 0.29) is 22.0 Å². The highest BCUT2D eigenvalue weighted by molar-refractivity contribution is 6.33. The molecule has 0 bridgehead atoms. The number of carboxylic acids is 1. The molecule has 0 spiro atoms. The lowest BCUT2D eigenvalue weighted by molar-refractivity contribution is -0.274. The molecule has 8 heteroatoms. The van der Waals surface area contributed by atoms with Crippen LogP contribution in [0.15, 0.2) is 36.5 Å². The molecule has 110 valence electrons. The number of halogens is 4. The molecule has 1 aromatic heterocycles. The number of nitrogens with zero attached hydrogens (tertiary/aromatic N) is 1. The fourth-order valence-electron chi connectivity index (χ4n) is 1.59. The Morgan fingerprint density at radius 1 is 1.24 bits per heavy atom. The summed E-state index contributed by atoms with van der Waals surface area (Å²) in [5, 5.41) is 8.93. The van der Waals surface area contributed by atoms with Crippen molar-refractivity contribution in [3.63, 3.8) is 0 Å². The molecular formula is C13H7ClF3NO3. The molecule has 0 saturated heterocycles. The van der Waals surface area contributed by atoms with Crippen LogP contribution in [0.1, 0.15) is 10.4 Å². The molecule has 1 N–H and O–H groups in total. The average Bonchev–Trinajstić information content (AvgIpc) is 2.38. The standard InChI is InChI=1S/C13H7ClF3NO3/c14-10-6-18-11(5-9(10)12(19)20)7-1-3-8(4-2-7)21-13(15,16)17/h1-6H,(H,19,20). The first kappa shape index (κ1) is 15.1. The lowest BCUT2D eigenvalue weighted by Crippen LogP contribution is -2.16. The SMILES string of the molecule is O=C(O)c1cc(-c2ccc(OC(F)(F)F)cc2)ncc1Cl. The van der Waals surface area contributed by atoms with E-state index in [2.05, 4.69) is 9.72 Å². The summed E-state index contributed by atoms with van der Waals surface area (Å²) in [6, 6.07) is 6.13. The second-order valence-corrected chi connectivity index (χ2v) is 4.33. The minimum Gasteiger partial charge on any atom is -0.478 e. The molecule has 4 nitrogen and oxygen atoms in total. The van der Waals surface area contributed by atoms with Gasteiger partial charge in [0.15, 0.2) is 0 Å². The van der Waals surface area contributed by atoms with Crippen molar-refractivity contribution >= 4 is 17.6 Å². The first-order valence-corrected chi connectivity index (χ1v) is 5.89. The predicted molar refractivity (Wildman–Crippen MR) is 68.3 cm³/mol. The van der Waals surface area contributed by atoms with Gasteiger partial charge in [-0.3, -0.25) is 4.98 Å². The van der Waals surface area contributed by atoms with E-state index < -0.39 is 12.3 Å². The van der Waals surface area contributed by atoms with E-state index in [0.717, 1.165) is 12.1 Å². The molecule has 0 aliphatic rings. The van der Waals surface area contributed by atoms with E-state index in [9.17, 15) is 18.0 Å². The van der Waals surface area contributed by atoms with Crippen molar-refractivity contribution in [2.75, 3.05) is 0 Å². The number of carbonyl (C=O) groups is 1. The van der Waals surface area contributed by atoms with E-state index >= 15 is 0 Å². The number of benzene rings is 1. The number of aromatic nitrogens is 1. The Morgan fingerprint density at radius 2 is 1.86 bits per heavy atom. The Bertz CT molecular complexity index is 671. The minimum absolute atomic E-state index is 0.0247. The van der Waals surface area contributed by atoms with Crippen LogP contribution >= 0.6 is 11.6 Å². The maximum atomic E-state index is 12.0. The number of aromatic carboxylic acids is 1. The predicted octanol–water partition coefficient (Wildman–Crippen LogP) is 4.00. The molecule has 0 fully saturated rings. The van der Waals surface area contributed by atoms with Crippen molar-refractivity contribution in [2.45, 2.75) is 6.36 Å². The molecular weight excluding hydrogens is 311 g/mol. The highest BCUT2D eigenvalue weighted by atomic mass is 35.5. The van der Waals surface area contributed by atoms with Crippen molar-refractivity contribution in [3.8, 4) is 17.0 Å². The number of pyridine rings is 1. The maximum absolute atomic E-state index is 12.0. The summed E-state index contributed by atoms with van der Waals surface area (Å²) in [6.07, 6.45) is -3.60. The fourth-order valence-corrected chi connectivity index (χ4v) is 1.77. The van der Waals surface area contributed by atoms with Crippen LogP contribution < -0.4 is 4.74 Å². The number of hydrogen-bond acceptors (Lipinski definition) is 3. The Kier molecular flexibility index (Phi) is 4.04. The maximum Gasteiger partial charge on any atom is 0.573 e. The van der Waals surface area contributed by atoms with Gasteiger partial charge in [0, 0.05) is 11.8 Å². The van der Waals surface area contributed by atoms with Gasteiger partial charge < -0.3 is 9.84 Å². The van der Waals surface area contributed by atoms with Gasteiger partial charge >= 0.3 is 12.3 Å². The van der Waals surface area contributed by atoms with Crippen molar-refractivity contribution < 1.29 is 27.8 Å². The molecule has 0 aliphatic carbocycles. The van der Waals surface area contributed by atoms with Gasteiger partial charge in [-0.05, 0) is 30.3 Å². The topological polar surface area (TPSA) is 59.4 Å². The normalized spacial score (nSPS) is 11.2. The molecule has 0 amide bonds. The lowest BCUT2D eigenvalue weighted by atomic mass is 10.1. The molecule has 1 heterocycles. The van der Waals surface area contributed by atoms with Crippen molar-refractivity contribution in [1.82, 2.24) is 4.98 Å². The number of alkyl halides is 3. The third-order valence-electron chi connectivity index (χ3n) is 2.47. The molecule has 0 aliphatic heterocycles. The van der Waals surface area contributed by atoms with Gasteiger partial charge in [-0.2, -0.15) is 0 Å². The van der Waals surface area contributed by atoms with E-state index in [1.165, 1.54) is 24.4 Å². The van der Waals surface area contributed by atoms with Crippen LogP contribution in [0.5, 0.6) is 5.75 Å². The summed E-state index contributed by atoms with van der Waals surface area (Å²) in [4.78, 5) is 14.9. The molecule has 0 unspecified atom stereocenters. The monoisotopic (exact) mass is 317 g/mol. The largest absolute Gasteiger partial charge is 0.573 e. The average molecular weight is 318 g/mol. The third kappa shape index (κ3) is 3.85. The molecule has 2 rings (SSSR count). The first-order valence-electron chi connectivity index (χ1n) is 5.51. The van der Waals surface area contributed by atoms with E-state index in [0.29, 0.717) is 5.56 Å². The first-order chi connectivity index (χ1) is 9.76. The van der Waals surface area contributed by atoms with Gasteiger partial charge in [-0.15, -0.1) is 13.2 Å². The van der Waals surface area contributed by atoms with Crippen molar-refractivity contribution in [2.24, 2.45) is 0 Å². The summed E-state index contributed by atoms with van der Waals surface area (Å²) >= 11 is 5.69. The van der Waals surface area contributed by atoms with Crippen LogP contribution in [-0.4, -0.2) is 22.4 Å². The van der Waals surface area contributed by atoms with Crippen LogP contribution in [-0.2, 0) is 0 Å². The zero-order valence-electron chi connectivity index (χ0n) is 10.2. The molecule has 0 saturated carbocycles. The molecule has 0 radical (unpaired) electrons. The summed E-state index contributed by atoms with van der Waals surface area (Å²) in [5.41, 5.74) is 0.566. The second-order valence-electron chi connectivity index (χ2n) is 3.93. The summed E-state index contributed by atoms with van der Waals surface area (Å²) in [7, 11) is 0. The lowest BCUT2D eigenvalue weighted by Gasteiger charge is -2.09. The summed E-state index contributed by atoms with van der Waals surface area (Å²) in [6.45, 7) is 0. The Hall–Kier alpha value is -2.28. The quantitative estimate of drug-likeness (QED) is 0.929. The van der Waals surface area contributed by atoms with E-state index in [1.54, 1.807) is 0 Å². The van der Waals surface area contributed by atoms with E-state index in [1.807, 2.05) is 0 Å². The second kappa shape index (κ2) is 5.61. The molecule has 0 atom stereocenters. The summed E-state index contributed by atoms with van der Waals surface area (Å²) in [5.74, 6) is -1.60.